The van der Waals surface area contributed by atoms with Gasteiger partial charge in [-0.15, -0.1) is 0 Å². The van der Waals surface area contributed by atoms with Gasteiger partial charge in [0.05, 0.1) is 15.9 Å². The summed E-state index contributed by atoms with van der Waals surface area (Å²) >= 11 is 6.67. The van der Waals surface area contributed by atoms with E-state index < -0.39 is 0 Å². The SMILES string of the molecule is Cn1c(N2[C@@H]3CC[C@H]2CC(N)C3)nc2[nH]cc(-c3ccc4nccnc4c3Cl)c2c1=O. The summed E-state index contributed by atoms with van der Waals surface area (Å²) in [5.74, 6) is 0.709. The van der Waals surface area contributed by atoms with Crippen LogP contribution in [0.15, 0.2) is 35.5 Å². The molecule has 158 valence electrons. The highest BCUT2D eigenvalue weighted by atomic mass is 35.5. The molecule has 0 spiro atoms. The second-order valence-corrected chi connectivity index (χ2v) is 8.95. The minimum Gasteiger partial charge on any atom is -0.345 e. The molecule has 0 saturated carbocycles. The van der Waals surface area contributed by atoms with E-state index >= 15 is 0 Å². The minimum atomic E-state index is -0.0965. The van der Waals surface area contributed by atoms with E-state index in [4.69, 9.17) is 22.3 Å². The molecule has 2 bridgehead atoms. The number of H-pyrrole nitrogens is 1. The lowest BCUT2D eigenvalue weighted by Crippen LogP contribution is -2.49. The molecule has 0 amide bonds. The van der Waals surface area contributed by atoms with Crippen molar-refractivity contribution >= 4 is 39.6 Å². The Balaban J connectivity index is 1.52. The smallest absolute Gasteiger partial charge is 0.264 e. The summed E-state index contributed by atoms with van der Waals surface area (Å²) in [5, 5.41) is 0.998. The molecule has 3 atom stereocenters. The number of fused-ring (bicyclic) bond motifs is 4. The van der Waals surface area contributed by atoms with E-state index in [-0.39, 0.29) is 11.6 Å². The molecule has 3 N–H and O–H groups in total. The number of piperidine rings is 1. The van der Waals surface area contributed by atoms with E-state index in [1.165, 1.54) is 0 Å². The van der Waals surface area contributed by atoms with Gasteiger partial charge >= 0.3 is 0 Å². The maximum absolute atomic E-state index is 13.5. The Morgan fingerprint density at radius 1 is 1.13 bits per heavy atom. The van der Waals surface area contributed by atoms with E-state index in [2.05, 4.69) is 19.9 Å². The molecule has 1 unspecified atom stereocenters. The molecule has 9 heteroatoms. The fourth-order valence-electron chi connectivity index (χ4n) is 5.35. The predicted molar refractivity (Wildman–Crippen MR) is 121 cm³/mol. The van der Waals surface area contributed by atoms with Gasteiger partial charge in [-0.25, -0.2) is 0 Å². The fourth-order valence-corrected chi connectivity index (χ4v) is 5.66. The van der Waals surface area contributed by atoms with Crippen LogP contribution in [-0.2, 0) is 7.05 Å². The molecule has 0 aliphatic carbocycles. The van der Waals surface area contributed by atoms with Crippen molar-refractivity contribution in [2.24, 2.45) is 12.8 Å². The van der Waals surface area contributed by atoms with Gasteiger partial charge < -0.3 is 15.6 Å². The lowest BCUT2D eigenvalue weighted by Gasteiger charge is -2.38. The van der Waals surface area contributed by atoms with Gasteiger partial charge in [0.1, 0.15) is 11.2 Å². The number of aromatic nitrogens is 5. The van der Waals surface area contributed by atoms with Crippen LogP contribution in [0.25, 0.3) is 33.2 Å². The third-order valence-electron chi connectivity index (χ3n) is 6.76. The first-order chi connectivity index (χ1) is 15.0. The largest absolute Gasteiger partial charge is 0.345 e. The molecule has 4 aromatic rings. The maximum Gasteiger partial charge on any atom is 0.264 e. The van der Waals surface area contributed by atoms with Crippen LogP contribution in [0.3, 0.4) is 0 Å². The molecule has 2 saturated heterocycles. The summed E-state index contributed by atoms with van der Waals surface area (Å²) in [5.41, 5.74) is 9.48. The summed E-state index contributed by atoms with van der Waals surface area (Å²) < 4.78 is 1.66. The third-order valence-corrected chi connectivity index (χ3v) is 7.14. The van der Waals surface area contributed by atoms with E-state index in [0.717, 1.165) is 36.8 Å². The Bertz CT molecular complexity index is 1380. The van der Waals surface area contributed by atoms with Crippen molar-refractivity contribution in [2.75, 3.05) is 4.90 Å². The Morgan fingerprint density at radius 2 is 1.87 bits per heavy atom. The lowest BCUT2D eigenvalue weighted by atomic mass is 9.98. The zero-order valence-corrected chi connectivity index (χ0v) is 17.8. The zero-order chi connectivity index (χ0) is 21.3. The van der Waals surface area contributed by atoms with Gasteiger partial charge in [-0.05, 0) is 31.7 Å². The van der Waals surface area contributed by atoms with Crippen LogP contribution in [0.5, 0.6) is 0 Å². The Hall–Kier alpha value is -2.97. The summed E-state index contributed by atoms with van der Waals surface area (Å²) in [6, 6.07) is 4.65. The van der Waals surface area contributed by atoms with E-state index in [1.807, 2.05) is 12.1 Å². The van der Waals surface area contributed by atoms with Crippen LogP contribution in [-0.4, -0.2) is 42.6 Å². The Labute approximate surface area is 183 Å². The van der Waals surface area contributed by atoms with Gasteiger partial charge in [0.15, 0.2) is 0 Å². The molecule has 1 aromatic carbocycles. The molecule has 0 radical (unpaired) electrons. The van der Waals surface area contributed by atoms with Crippen molar-refractivity contribution in [1.29, 1.82) is 0 Å². The first kappa shape index (κ1) is 18.8. The number of halogens is 1. The minimum absolute atomic E-state index is 0.0965. The number of nitrogens with zero attached hydrogens (tertiary/aromatic N) is 5. The monoisotopic (exact) mass is 435 g/mol. The van der Waals surface area contributed by atoms with E-state index in [9.17, 15) is 4.79 Å². The number of hydrogen-bond acceptors (Lipinski definition) is 6. The van der Waals surface area contributed by atoms with Gasteiger partial charge in [-0.1, -0.05) is 17.7 Å². The molecule has 31 heavy (non-hydrogen) atoms. The Morgan fingerprint density at radius 3 is 2.65 bits per heavy atom. The normalized spacial score (nSPS) is 23.2. The standard InChI is InChI=1S/C22H22ClN7O/c1-29-21(31)17-15(14-4-5-16-19(18(14)23)26-7-6-25-16)10-27-20(17)28-22(29)30-12-2-3-13(30)9-11(24)8-12/h4-7,10-13,27H,2-3,8-9,24H2,1H3/t11?,12-,13+. The Kier molecular flexibility index (Phi) is 4.10. The van der Waals surface area contributed by atoms with Crippen LogP contribution >= 0.6 is 11.6 Å². The highest BCUT2D eigenvalue weighted by Crippen LogP contribution is 2.39. The highest BCUT2D eigenvalue weighted by Gasteiger charge is 2.41. The molecule has 3 aromatic heterocycles. The topological polar surface area (TPSA) is 106 Å². The van der Waals surface area contributed by atoms with Gasteiger partial charge in [0, 0.05) is 54.9 Å². The van der Waals surface area contributed by atoms with E-state index in [0.29, 0.717) is 45.1 Å². The summed E-state index contributed by atoms with van der Waals surface area (Å²) in [7, 11) is 1.79. The van der Waals surface area contributed by atoms with Gasteiger partial charge in [0.2, 0.25) is 5.95 Å². The van der Waals surface area contributed by atoms with Crippen molar-refractivity contribution in [1.82, 2.24) is 24.5 Å². The molecule has 2 fully saturated rings. The molecular weight excluding hydrogens is 414 g/mol. The second kappa shape index (κ2) is 6.77. The van der Waals surface area contributed by atoms with Gasteiger partial charge in [-0.2, -0.15) is 4.98 Å². The molecule has 6 rings (SSSR count). The molecular formula is C22H22ClN7O. The molecule has 2 aliphatic heterocycles. The summed E-state index contributed by atoms with van der Waals surface area (Å²) in [4.78, 5) is 32.5. The number of benzene rings is 1. The second-order valence-electron chi connectivity index (χ2n) is 8.58. The third kappa shape index (κ3) is 2.71. The zero-order valence-electron chi connectivity index (χ0n) is 17.0. The number of aromatic amines is 1. The molecule has 8 nitrogen and oxygen atoms in total. The van der Waals surface area contributed by atoms with Crippen LogP contribution < -0.4 is 16.2 Å². The summed E-state index contributed by atoms with van der Waals surface area (Å²) in [6.45, 7) is 0. The quantitative estimate of drug-likeness (QED) is 0.501. The van der Waals surface area contributed by atoms with Crippen molar-refractivity contribution < 1.29 is 0 Å². The van der Waals surface area contributed by atoms with Crippen LogP contribution in [0.2, 0.25) is 5.02 Å². The first-order valence-corrected chi connectivity index (χ1v) is 10.9. The van der Waals surface area contributed by atoms with Crippen LogP contribution in [0, 0.1) is 0 Å². The van der Waals surface area contributed by atoms with E-state index in [1.54, 1.807) is 30.2 Å². The number of nitrogens with two attached hydrogens (primary N) is 1. The number of rotatable bonds is 2. The van der Waals surface area contributed by atoms with Gasteiger partial charge in [-0.3, -0.25) is 19.3 Å². The van der Waals surface area contributed by atoms with Crippen molar-refractivity contribution in [3.8, 4) is 11.1 Å². The van der Waals surface area contributed by atoms with Crippen LogP contribution in [0.1, 0.15) is 25.7 Å². The number of nitrogens with one attached hydrogen (secondary N) is 1. The van der Waals surface area contributed by atoms with Gasteiger partial charge in [0.25, 0.3) is 5.56 Å². The van der Waals surface area contributed by atoms with Crippen molar-refractivity contribution in [2.45, 2.75) is 43.8 Å². The lowest BCUT2D eigenvalue weighted by molar-refractivity contribution is 0.405. The molecule has 2 aliphatic rings. The average Bonchev–Trinajstić information content (AvgIpc) is 3.30. The van der Waals surface area contributed by atoms with Crippen LogP contribution in [0.4, 0.5) is 5.95 Å². The number of anilines is 1. The number of hydrogen-bond donors (Lipinski definition) is 2. The highest BCUT2D eigenvalue weighted by molar-refractivity contribution is 6.38. The maximum atomic E-state index is 13.5. The van der Waals surface area contributed by atoms with Crippen molar-refractivity contribution in [3.63, 3.8) is 0 Å². The average molecular weight is 436 g/mol. The predicted octanol–water partition coefficient (Wildman–Crippen LogP) is 2.98. The summed E-state index contributed by atoms with van der Waals surface area (Å²) in [6.07, 6.45) is 9.10. The fraction of sp³-hybridized carbons (Fsp3) is 0.364. The first-order valence-electron chi connectivity index (χ1n) is 10.5. The van der Waals surface area contributed by atoms with Crippen molar-refractivity contribution in [3.05, 3.63) is 46.1 Å². The molecule has 5 heterocycles.